The van der Waals surface area contributed by atoms with Crippen LogP contribution in [-0.2, 0) is 19.1 Å². The number of hydrogen-bond acceptors (Lipinski definition) is 9. The molecule has 0 saturated carbocycles. The Morgan fingerprint density at radius 2 is 2.03 bits per heavy atom. The maximum Gasteiger partial charge on any atom is 0.247 e. The normalized spacial score (nSPS) is 18.9. The highest BCUT2D eigenvalue weighted by Crippen LogP contribution is 2.37. The van der Waals surface area contributed by atoms with Gasteiger partial charge in [0.05, 0.1) is 36.4 Å². The van der Waals surface area contributed by atoms with Gasteiger partial charge in [0.2, 0.25) is 11.8 Å². The molecule has 212 valence electrons. The van der Waals surface area contributed by atoms with Crippen molar-refractivity contribution >= 4 is 40.7 Å². The minimum absolute atomic E-state index is 0.0542. The Morgan fingerprint density at radius 1 is 1.26 bits per heavy atom. The van der Waals surface area contributed by atoms with E-state index in [4.69, 9.17) is 24.1 Å². The minimum Gasteiger partial charge on any atom is -0.493 e. The second-order valence-corrected chi connectivity index (χ2v) is 9.71. The summed E-state index contributed by atoms with van der Waals surface area (Å²) < 4.78 is 22.7. The molecule has 3 N–H and O–H groups in total. The lowest BCUT2D eigenvalue weighted by Crippen LogP contribution is -2.55. The Kier molecular flexibility index (Phi) is 14.0. The highest BCUT2D eigenvalue weighted by Gasteiger charge is 2.40. The number of amides is 2. The molecule has 0 saturated heterocycles. The molecule has 0 aliphatic heterocycles. The van der Waals surface area contributed by atoms with Crippen molar-refractivity contribution in [3.05, 3.63) is 32.9 Å². The molecule has 0 spiro atoms. The summed E-state index contributed by atoms with van der Waals surface area (Å²) in [5, 5.41) is 23.3. The summed E-state index contributed by atoms with van der Waals surface area (Å²) in [6.45, 7) is 3.19. The summed E-state index contributed by atoms with van der Waals surface area (Å²) in [6.07, 6.45) is 0.741. The molecule has 0 radical (unpaired) electrons. The molecule has 11 nitrogen and oxygen atoms in total. The number of carbonyl (C=O) groups excluding carboxylic acids is 3. The summed E-state index contributed by atoms with van der Waals surface area (Å²) >= 11 is 2.00. The fourth-order valence-electron chi connectivity index (χ4n) is 4.13. The number of nitrogens with zero attached hydrogens (tertiary/aromatic N) is 1. The first-order chi connectivity index (χ1) is 18.3. The van der Waals surface area contributed by atoms with Crippen LogP contribution in [0.4, 0.5) is 0 Å². The van der Waals surface area contributed by atoms with Crippen molar-refractivity contribution in [1.82, 2.24) is 10.2 Å². The summed E-state index contributed by atoms with van der Waals surface area (Å²) in [6, 6.07) is 2.36. The van der Waals surface area contributed by atoms with Gasteiger partial charge in [-0.1, -0.05) is 0 Å². The van der Waals surface area contributed by atoms with Crippen molar-refractivity contribution in [2.45, 2.75) is 44.4 Å². The van der Waals surface area contributed by atoms with Gasteiger partial charge in [-0.25, -0.2) is 0 Å². The smallest absolute Gasteiger partial charge is 0.247 e. The number of carbonyl (C=O) groups is 3. The molecule has 2 amide bonds. The van der Waals surface area contributed by atoms with Gasteiger partial charge in [-0.05, 0) is 54.1 Å². The number of ether oxygens (including phenoxy) is 4. The average molecular weight is 648 g/mol. The fraction of sp³-hybridized carbons (Fsp3) is 0.577. The summed E-state index contributed by atoms with van der Waals surface area (Å²) in [4.78, 5) is 39.0. The van der Waals surface area contributed by atoms with Gasteiger partial charge in [0.1, 0.15) is 18.5 Å². The zero-order valence-corrected chi connectivity index (χ0v) is 24.1. The minimum atomic E-state index is -1.19. The number of rotatable bonds is 16. The Morgan fingerprint density at radius 3 is 2.66 bits per heavy atom. The zero-order chi connectivity index (χ0) is 28.1. The topological polar surface area (TPSA) is 144 Å². The summed E-state index contributed by atoms with van der Waals surface area (Å²) in [5.74, 6) is -0.0760. The number of aliphatic hydroxyl groups excluding tert-OH is 2. The average Bonchev–Trinajstić information content (AvgIpc) is 2.92. The Labute approximate surface area is 236 Å². The van der Waals surface area contributed by atoms with Gasteiger partial charge in [0.25, 0.3) is 0 Å². The molecule has 3 unspecified atom stereocenters. The van der Waals surface area contributed by atoms with Crippen LogP contribution < -0.4 is 14.8 Å². The van der Waals surface area contributed by atoms with Crippen molar-refractivity contribution in [2.24, 2.45) is 0 Å². The Bertz CT molecular complexity index is 972. The van der Waals surface area contributed by atoms with Gasteiger partial charge in [-0.2, -0.15) is 0 Å². The van der Waals surface area contributed by atoms with Crippen LogP contribution in [0.1, 0.15) is 36.5 Å². The number of benzene rings is 1. The van der Waals surface area contributed by atoms with Crippen LogP contribution in [0.15, 0.2) is 23.8 Å². The zero-order valence-electron chi connectivity index (χ0n) is 22.0. The third kappa shape index (κ3) is 8.90. The van der Waals surface area contributed by atoms with E-state index in [0.717, 1.165) is 0 Å². The number of halogens is 1. The van der Waals surface area contributed by atoms with Crippen molar-refractivity contribution in [3.8, 4) is 11.5 Å². The molecule has 12 heteroatoms. The molecule has 0 heterocycles. The standard InChI is InChI=1S/C26H37IN2O9/c1-4-37-10-5-8-29(23(32)6-11-35-2)20-14-18(26(34)28-7-9-30)15-21(24(20)33)38-25-19(27)12-17(16-31)13-22(25)36-3/h12-13,15-16,20-21,24,30,33H,4-11,14H2,1-3H3,(H,28,34). The molecule has 0 bridgehead atoms. The quantitative estimate of drug-likeness (QED) is 0.137. The molecule has 3 atom stereocenters. The number of aldehydes is 1. The third-order valence-electron chi connectivity index (χ3n) is 5.99. The molecule has 1 aromatic rings. The first-order valence-corrected chi connectivity index (χ1v) is 13.5. The second kappa shape index (κ2) is 16.6. The van der Waals surface area contributed by atoms with Gasteiger partial charge in [0, 0.05) is 51.0 Å². The lowest BCUT2D eigenvalue weighted by atomic mass is 9.88. The number of hydrogen-bond donors (Lipinski definition) is 3. The van der Waals surface area contributed by atoms with Gasteiger partial charge in [0.15, 0.2) is 11.5 Å². The van der Waals surface area contributed by atoms with Gasteiger partial charge in [-0.3, -0.25) is 14.4 Å². The van der Waals surface area contributed by atoms with E-state index in [1.54, 1.807) is 11.0 Å². The number of nitrogens with one attached hydrogen (secondary N) is 1. The molecule has 2 rings (SSSR count). The fourth-order valence-corrected chi connectivity index (χ4v) is 4.88. The molecule has 1 aliphatic carbocycles. The van der Waals surface area contributed by atoms with E-state index in [1.165, 1.54) is 26.4 Å². The van der Waals surface area contributed by atoms with E-state index in [1.807, 2.05) is 29.5 Å². The van der Waals surface area contributed by atoms with E-state index in [2.05, 4.69) is 5.32 Å². The van der Waals surface area contributed by atoms with E-state index < -0.39 is 24.2 Å². The van der Waals surface area contributed by atoms with E-state index in [9.17, 15) is 19.5 Å². The van der Waals surface area contributed by atoms with Crippen LogP contribution in [-0.4, -0.2) is 105 Å². The van der Waals surface area contributed by atoms with Crippen LogP contribution in [0.2, 0.25) is 0 Å². The SMILES string of the molecule is CCOCCCN(C(=O)CCOC)C1CC(C(=O)NCCO)=CC(Oc2c(I)cc(C=O)cc2OC)C1O. The summed E-state index contributed by atoms with van der Waals surface area (Å²) in [5.41, 5.74) is 0.705. The van der Waals surface area contributed by atoms with Crippen LogP contribution in [0.25, 0.3) is 0 Å². The van der Waals surface area contributed by atoms with Crippen molar-refractivity contribution in [1.29, 1.82) is 0 Å². The van der Waals surface area contributed by atoms with Crippen LogP contribution in [0.3, 0.4) is 0 Å². The van der Waals surface area contributed by atoms with Gasteiger partial charge >= 0.3 is 0 Å². The predicted octanol–water partition coefficient (Wildman–Crippen LogP) is 1.32. The second-order valence-electron chi connectivity index (χ2n) is 8.55. The monoisotopic (exact) mass is 648 g/mol. The Hall–Kier alpha value is -2.26. The van der Waals surface area contributed by atoms with E-state index in [-0.39, 0.29) is 44.3 Å². The number of aliphatic hydroxyl groups is 2. The molecule has 0 aromatic heterocycles. The largest absolute Gasteiger partial charge is 0.493 e. The van der Waals surface area contributed by atoms with E-state index in [0.29, 0.717) is 52.9 Å². The molecule has 1 aromatic carbocycles. The predicted molar refractivity (Wildman–Crippen MR) is 147 cm³/mol. The third-order valence-corrected chi connectivity index (χ3v) is 6.79. The first-order valence-electron chi connectivity index (χ1n) is 12.4. The molecule has 38 heavy (non-hydrogen) atoms. The maximum absolute atomic E-state index is 13.2. The van der Waals surface area contributed by atoms with Crippen LogP contribution in [0, 0.1) is 3.57 Å². The lowest BCUT2D eigenvalue weighted by molar-refractivity contribution is -0.139. The molecule has 0 fully saturated rings. The Balaban J connectivity index is 2.46. The van der Waals surface area contributed by atoms with Crippen molar-refractivity contribution < 1.29 is 43.5 Å². The maximum atomic E-state index is 13.2. The summed E-state index contributed by atoms with van der Waals surface area (Å²) in [7, 11) is 2.94. The lowest BCUT2D eigenvalue weighted by Gasteiger charge is -2.40. The molecular formula is C26H37IN2O9. The molecular weight excluding hydrogens is 611 g/mol. The van der Waals surface area contributed by atoms with Crippen LogP contribution in [0.5, 0.6) is 11.5 Å². The van der Waals surface area contributed by atoms with E-state index >= 15 is 0 Å². The van der Waals surface area contributed by atoms with Crippen molar-refractivity contribution in [2.75, 3.05) is 53.7 Å². The first kappa shape index (κ1) is 32.0. The van der Waals surface area contributed by atoms with Gasteiger partial charge in [-0.15, -0.1) is 0 Å². The van der Waals surface area contributed by atoms with Crippen LogP contribution >= 0.6 is 22.6 Å². The van der Waals surface area contributed by atoms with Gasteiger partial charge < -0.3 is 39.4 Å². The molecule has 1 aliphatic rings. The highest BCUT2D eigenvalue weighted by atomic mass is 127. The van der Waals surface area contributed by atoms with Crippen molar-refractivity contribution in [3.63, 3.8) is 0 Å². The highest BCUT2D eigenvalue weighted by molar-refractivity contribution is 14.1. The number of methoxy groups -OCH3 is 2.